The average molecular weight is 641 g/mol. The lowest BCUT2D eigenvalue weighted by atomic mass is 9.79. The molecule has 7 aromatic rings. The average Bonchev–Trinajstić information content (AvgIpc) is 3.66. The molecule has 0 heteroatoms. The van der Waals surface area contributed by atoms with Gasteiger partial charge in [-0.1, -0.05) is 97.1 Å². The minimum absolute atomic E-state index is 0.414. The molecule has 0 aromatic heterocycles. The van der Waals surface area contributed by atoms with Gasteiger partial charge >= 0.3 is 0 Å². The van der Waals surface area contributed by atoms with E-state index in [1.165, 1.54) is 122 Å². The van der Waals surface area contributed by atoms with Crippen molar-refractivity contribution >= 4 is 32.7 Å². The first kappa shape index (κ1) is 29.5. The summed E-state index contributed by atoms with van der Waals surface area (Å²) in [5.41, 5.74) is 25.0. The maximum Gasteiger partial charge on any atom is 0.0143 e. The second-order valence-electron chi connectivity index (χ2n) is 14.9. The largest absolute Gasteiger partial charge is 0.0841 e. The molecule has 1 atom stereocenters. The van der Waals surface area contributed by atoms with Crippen LogP contribution in [0.2, 0.25) is 0 Å². The molecule has 0 heterocycles. The molecular weight excluding hydrogens is 601 g/mol. The van der Waals surface area contributed by atoms with Crippen LogP contribution < -0.4 is 0 Å². The van der Waals surface area contributed by atoms with Crippen LogP contribution in [-0.2, 0) is 6.42 Å². The monoisotopic (exact) mass is 640 g/mol. The van der Waals surface area contributed by atoms with E-state index >= 15 is 0 Å². The van der Waals surface area contributed by atoms with Crippen LogP contribution in [0.5, 0.6) is 0 Å². The molecule has 0 saturated heterocycles. The third kappa shape index (κ3) is 4.06. The number of rotatable bonds is 3. The lowest BCUT2D eigenvalue weighted by molar-refractivity contribution is 0.840. The van der Waals surface area contributed by atoms with Gasteiger partial charge in [0.2, 0.25) is 0 Å². The molecule has 1 unspecified atom stereocenters. The van der Waals surface area contributed by atoms with Crippen molar-refractivity contribution in [3.05, 3.63) is 166 Å². The van der Waals surface area contributed by atoms with E-state index in [2.05, 4.69) is 156 Å². The highest BCUT2D eigenvalue weighted by Gasteiger charge is 2.35. The summed E-state index contributed by atoms with van der Waals surface area (Å²) in [6.45, 7) is 11.3. The van der Waals surface area contributed by atoms with Crippen molar-refractivity contribution in [2.75, 3.05) is 0 Å². The standard InChI is InChI=1S/C50H40/c1-6-28(2)48-39-21-22-40-44(43(39)26-45-41-23-32(16-17-34(41)25-46(45)48)35-13-9-7-11-29(35)3)27-47-42-24-33(36-14-10-8-12-30(36)4)18-20-37(42)38-19-15-31(5)49(40)50(38)47/h6-18,20-24,26-27,38H,19,25H2,1-5H3/b28-6-. The molecule has 0 fully saturated rings. The highest BCUT2D eigenvalue weighted by molar-refractivity contribution is 6.18. The predicted molar refractivity (Wildman–Crippen MR) is 215 cm³/mol. The summed E-state index contributed by atoms with van der Waals surface area (Å²) in [7, 11) is 0. The molecule has 50 heavy (non-hydrogen) atoms. The Hall–Kier alpha value is -5.46. The van der Waals surface area contributed by atoms with Gasteiger partial charge in [0, 0.05) is 5.92 Å². The highest BCUT2D eigenvalue weighted by Crippen LogP contribution is 2.56. The van der Waals surface area contributed by atoms with Crippen LogP contribution in [0.1, 0.15) is 77.6 Å². The minimum Gasteiger partial charge on any atom is -0.0841 e. The Balaban J connectivity index is 1.27. The van der Waals surface area contributed by atoms with E-state index in [-0.39, 0.29) is 0 Å². The Kier molecular flexibility index (Phi) is 6.34. The van der Waals surface area contributed by atoms with E-state index < -0.39 is 0 Å². The van der Waals surface area contributed by atoms with Gasteiger partial charge in [-0.3, -0.25) is 0 Å². The maximum atomic E-state index is 2.57. The molecular formula is C50H40. The molecule has 240 valence electrons. The molecule has 0 N–H and O–H groups in total. The normalized spacial score (nSPS) is 15.6. The zero-order valence-electron chi connectivity index (χ0n) is 29.5. The van der Waals surface area contributed by atoms with Gasteiger partial charge in [0.15, 0.2) is 0 Å². The molecule has 0 bridgehead atoms. The number of aryl methyl sites for hydroxylation is 2. The molecule has 0 radical (unpaired) electrons. The van der Waals surface area contributed by atoms with Crippen LogP contribution >= 0.6 is 0 Å². The van der Waals surface area contributed by atoms with Gasteiger partial charge in [0.05, 0.1) is 0 Å². The molecule has 3 aliphatic carbocycles. The van der Waals surface area contributed by atoms with Crippen LogP contribution in [0, 0.1) is 13.8 Å². The van der Waals surface area contributed by atoms with Crippen molar-refractivity contribution in [3.8, 4) is 44.5 Å². The maximum absolute atomic E-state index is 2.57. The van der Waals surface area contributed by atoms with Crippen LogP contribution in [0.4, 0.5) is 0 Å². The number of fused-ring (bicyclic) bond motifs is 10. The first-order valence-electron chi connectivity index (χ1n) is 18.2. The molecule has 0 amide bonds. The molecule has 7 aromatic carbocycles. The van der Waals surface area contributed by atoms with Gasteiger partial charge in [0.1, 0.15) is 0 Å². The SMILES string of the molecule is C/C=C(/C)c1c2c(cc3c1ccc1c4c5c(cc13)-c1cc(-c3ccccc3C)ccc1C5CC=C4C)-c1cc(-c3ccccc3C)ccc1C2. The van der Waals surface area contributed by atoms with Crippen molar-refractivity contribution in [1.29, 1.82) is 0 Å². The van der Waals surface area contributed by atoms with E-state index in [1.807, 2.05) is 0 Å². The van der Waals surface area contributed by atoms with Gasteiger partial charge in [-0.25, -0.2) is 0 Å². The Morgan fingerprint density at radius 3 is 1.96 bits per heavy atom. The minimum atomic E-state index is 0.414. The number of allylic oxidation sites excluding steroid dienone is 4. The van der Waals surface area contributed by atoms with E-state index in [9.17, 15) is 0 Å². The molecule has 0 spiro atoms. The first-order chi connectivity index (χ1) is 24.4. The Labute approximate surface area is 295 Å². The highest BCUT2D eigenvalue weighted by atomic mass is 14.4. The van der Waals surface area contributed by atoms with Crippen LogP contribution in [-0.4, -0.2) is 0 Å². The zero-order valence-corrected chi connectivity index (χ0v) is 29.5. The summed E-state index contributed by atoms with van der Waals surface area (Å²) in [5, 5.41) is 5.49. The lowest BCUT2D eigenvalue weighted by Crippen LogP contribution is -2.05. The van der Waals surface area contributed by atoms with Gasteiger partial charge in [-0.05, 0) is 193 Å². The topological polar surface area (TPSA) is 0 Å². The second kappa shape index (κ2) is 10.8. The Morgan fingerprint density at radius 1 is 0.600 bits per heavy atom. The smallest absolute Gasteiger partial charge is 0.0143 e. The summed E-state index contributed by atoms with van der Waals surface area (Å²) in [5.74, 6) is 0.414. The summed E-state index contributed by atoms with van der Waals surface area (Å²) in [4.78, 5) is 0. The van der Waals surface area contributed by atoms with Crippen molar-refractivity contribution in [2.24, 2.45) is 0 Å². The fourth-order valence-corrected chi connectivity index (χ4v) is 9.63. The van der Waals surface area contributed by atoms with Gasteiger partial charge in [-0.2, -0.15) is 0 Å². The van der Waals surface area contributed by atoms with Crippen LogP contribution in [0.15, 0.2) is 121 Å². The molecule has 10 rings (SSSR count). The van der Waals surface area contributed by atoms with Crippen molar-refractivity contribution in [3.63, 3.8) is 0 Å². The van der Waals surface area contributed by atoms with Gasteiger partial charge in [-0.15, -0.1) is 0 Å². The summed E-state index contributed by atoms with van der Waals surface area (Å²) in [6, 6.07) is 42.0. The number of benzene rings is 7. The number of hydrogen-bond acceptors (Lipinski definition) is 0. The Morgan fingerprint density at radius 2 is 1.24 bits per heavy atom. The van der Waals surface area contributed by atoms with E-state index in [0.717, 1.165) is 12.8 Å². The molecule has 3 aliphatic rings. The van der Waals surface area contributed by atoms with E-state index in [1.54, 1.807) is 0 Å². The summed E-state index contributed by atoms with van der Waals surface area (Å²) < 4.78 is 0. The predicted octanol–water partition coefficient (Wildman–Crippen LogP) is 13.9. The van der Waals surface area contributed by atoms with Crippen molar-refractivity contribution in [2.45, 2.75) is 53.4 Å². The quantitative estimate of drug-likeness (QED) is 0.169. The van der Waals surface area contributed by atoms with Gasteiger partial charge < -0.3 is 0 Å². The summed E-state index contributed by atoms with van der Waals surface area (Å²) in [6.07, 6.45) is 6.83. The van der Waals surface area contributed by atoms with Crippen molar-refractivity contribution < 1.29 is 0 Å². The lowest BCUT2D eigenvalue weighted by Gasteiger charge is -2.24. The first-order valence-corrected chi connectivity index (χ1v) is 18.2. The molecule has 0 aliphatic heterocycles. The van der Waals surface area contributed by atoms with Crippen LogP contribution in [0.25, 0.3) is 77.2 Å². The van der Waals surface area contributed by atoms with Gasteiger partial charge in [0.25, 0.3) is 0 Å². The second-order valence-corrected chi connectivity index (χ2v) is 14.9. The zero-order chi connectivity index (χ0) is 33.8. The van der Waals surface area contributed by atoms with Crippen LogP contribution in [0.3, 0.4) is 0 Å². The van der Waals surface area contributed by atoms with Crippen molar-refractivity contribution in [1.82, 2.24) is 0 Å². The van der Waals surface area contributed by atoms with E-state index in [0.29, 0.717) is 5.92 Å². The summed E-state index contributed by atoms with van der Waals surface area (Å²) >= 11 is 0. The fraction of sp³-hybridized carbons (Fsp3) is 0.160. The third-order valence-corrected chi connectivity index (χ3v) is 12.2. The molecule has 0 saturated carbocycles. The van der Waals surface area contributed by atoms with E-state index in [4.69, 9.17) is 0 Å². The third-order valence-electron chi connectivity index (χ3n) is 12.2. The fourth-order valence-electron chi connectivity index (χ4n) is 9.63. The number of hydrogen-bond donors (Lipinski definition) is 0. The molecule has 0 nitrogen and oxygen atoms in total. The Bertz CT molecular complexity index is 2670.